The van der Waals surface area contributed by atoms with Gasteiger partial charge in [0.25, 0.3) is 0 Å². The lowest BCUT2D eigenvalue weighted by Crippen LogP contribution is -2.30. The fourth-order valence-corrected chi connectivity index (χ4v) is 6.32. The molecule has 6 unspecified atom stereocenters. The molecule has 0 aromatic heterocycles. The molecule has 0 heterocycles. The number of fused-ring (bicyclic) bond motifs is 4. The number of rotatable bonds is 6. The van der Waals surface area contributed by atoms with E-state index < -0.39 is 11.9 Å². The van der Waals surface area contributed by atoms with Gasteiger partial charge in [0, 0.05) is 11.1 Å². The van der Waals surface area contributed by atoms with Crippen molar-refractivity contribution in [3.63, 3.8) is 0 Å². The van der Waals surface area contributed by atoms with Crippen LogP contribution in [0.5, 0.6) is 0 Å². The van der Waals surface area contributed by atoms with Crippen LogP contribution in [0.3, 0.4) is 0 Å². The van der Waals surface area contributed by atoms with E-state index in [0.717, 1.165) is 25.7 Å². The predicted molar refractivity (Wildman–Crippen MR) is 100 cm³/mol. The Labute approximate surface area is 165 Å². The van der Waals surface area contributed by atoms with Gasteiger partial charge >= 0.3 is 0 Å². The second-order valence-corrected chi connectivity index (χ2v) is 9.18. The molecule has 1 aromatic rings. The van der Waals surface area contributed by atoms with E-state index in [4.69, 9.17) is 0 Å². The maximum absolute atomic E-state index is 11.9. The van der Waals surface area contributed by atoms with Crippen molar-refractivity contribution in [2.45, 2.75) is 38.5 Å². The Balaban J connectivity index is 1.54. The summed E-state index contributed by atoms with van der Waals surface area (Å²) in [4.78, 5) is 23.7. The number of carboxylic acid groups (broad SMARTS) is 2. The molecule has 2 fully saturated rings. The van der Waals surface area contributed by atoms with Crippen LogP contribution in [0.1, 0.15) is 57.5 Å². The van der Waals surface area contributed by atoms with Crippen LogP contribution in [0.25, 0.3) is 0 Å². The van der Waals surface area contributed by atoms with Gasteiger partial charge < -0.3 is 19.8 Å². The highest BCUT2D eigenvalue weighted by Crippen LogP contribution is 2.47. The highest BCUT2D eigenvalue weighted by atomic mass is 16.4. The molecule has 4 bridgehead atoms. The third-order valence-corrected chi connectivity index (χ3v) is 7.64. The van der Waals surface area contributed by atoms with E-state index in [1.54, 1.807) is 0 Å². The average molecular weight is 376 g/mol. The van der Waals surface area contributed by atoms with Crippen LogP contribution in [0, 0.1) is 35.5 Å². The molecule has 0 radical (unpaired) electrons. The van der Waals surface area contributed by atoms with Crippen molar-refractivity contribution in [1.29, 1.82) is 0 Å². The fourth-order valence-electron chi connectivity index (χ4n) is 6.32. The molecule has 0 amide bonds. The SMILES string of the molecule is O=C([O-])c1ccc(C(=O)[O-])c(CC2CC3C=CC2C3)c1CC1CC2C=CC1C2. The number of hydrogen-bond acceptors (Lipinski definition) is 4. The first kappa shape index (κ1) is 17.7. The monoisotopic (exact) mass is 376 g/mol. The number of carbonyl (C=O) groups excluding carboxylic acids is 2. The standard InChI is InChI=1S/C24H26O4/c25-23(26)19-5-6-20(24(27)28)22(12-18-10-14-2-4-16(18)8-14)21(19)11-17-9-13-1-3-15(17)7-13/h1-6,13-18H,7-12H2,(H,25,26)(H,27,28)/p-2. The van der Waals surface area contributed by atoms with Gasteiger partial charge in [-0.15, -0.1) is 0 Å². The highest BCUT2D eigenvalue weighted by Gasteiger charge is 2.38. The molecule has 1 aromatic carbocycles. The van der Waals surface area contributed by atoms with Crippen molar-refractivity contribution in [2.75, 3.05) is 0 Å². The molecule has 0 spiro atoms. The Bertz CT molecular complexity index is 823. The quantitative estimate of drug-likeness (QED) is 0.711. The van der Waals surface area contributed by atoms with E-state index >= 15 is 0 Å². The van der Waals surface area contributed by atoms with Crippen LogP contribution in [-0.4, -0.2) is 11.9 Å². The number of benzene rings is 1. The number of carboxylic acids is 2. The third kappa shape index (κ3) is 2.90. The molecule has 5 rings (SSSR count). The molecular formula is C24H24O4-2. The maximum atomic E-state index is 11.9. The van der Waals surface area contributed by atoms with E-state index in [2.05, 4.69) is 24.3 Å². The minimum atomic E-state index is -1.22. The van der Waals surface area contributed by atoms with Gasteiger partial charge in [0.05, 0.1) is 11.9 Å². The van der Waals surface area contributed by atoms with Gasteiger partial charge in [-0.3, -0.25) is 0 Å². The molecule has 0 aliphatic heterocycles. The lowest BCUT2D eigenvalue weighted by molar-refractivity contribution is -0.256. The molecule has 2 saturated carbocycles. The van der Waals surface area contributed by atoms with Crippen molar-refractivity contribution in [2.24, 2.45) is 35.5 Å². The van der Waals surface area contributed by atoms with Crippen LogP contribution < -0.4 is 10.2 Å². The Morgan fingerprint density at radius 1 is 0.714 bits per heavy atom. The lowest BCUT2D eigenvalue weighted by Gasteiger charge is -2.27. The zero-order valence-corrected chi connectivity index (χ0v) is 15.8. The van der Waals surface area contributed by atoms with Gasteiger partial charge in [-0.1, -0.05) is 36.4 Å². The third-order valence-electron chi connectivity index (χ3n) is 7.64. The van der Waals surface area contributed by atoms with Crippen LogP contribution in [-0.2, 0) is 12.8 Å². The summed E-state index contributed by atoms with van der Waals surface area (Å²) in [6.07, 6.45) is 14.6. The van der Waals surface area contributed by atoms with Crippen LogP contribution in [0.2, 0.25) is 0 Å². The first-order valence-electron chi connectivity index (χ1n) is 10.4. The molecule has 146 valence electrons. The zero-order valence-electron chi connectivity index (χ0n) is 15.8. The number of aromatic carboxylic acids is 2. The highest BCUT2D eigenvalue weighted by molar-refractivity contribution is 5.93. The second kappa shape index (κ2) is 6.61. The van der Waals surface area contributed by atoms with Gasteiger partial charge in [-0.05, 0) is 85.2 Å². The molecule has 0 saturated heterocycles. The molecule has 28 heavy (non-hydrogen) atoms. The van der Waals surface area contributed by atoms with E-state index in [1.165, 1.54) is 12.1 Å². The fraction of sp³-hybridized carbons (Fsp3) is 0.500. The first-order valence-corrected chi connectivity index (χ1v) is 10.4. The Morgan fingerprint density at radius 2 is 1.14 bits per heavy atom. The summed E-state index contributed by atoms with van der Waals surface area (Å²) in [6, 6.07) is 2.81. The summed E-state index contributed by atoms with van der Waals surface area (Å²) in [5.41, 5.74) is 1.68. The zero-order chi connectivity index (χ0) is 19.4. The van der Waals surface area contributed by atoms with Gasteiger partial charge in [0.1, 0.15) is 0 Å². The van der Waals surface area contributed by atoms with Crippen molar-refractivity contribution >= 4 is 11.9 Å². The lowest BCUT2D eigenvalue weighted by atomic mass is 9.79. The minimum Gasteiger partial charge on any atom is -0.545 e. The molecule has 4 heteroatoms. The molecule has 4 aliphatic carbocycles. The summed E-state index contributed by atoms with van der Waals surface area (Å²) in [7, 11) is 0. The summed E-state index contributed by atoms with van der Waals surface area (Å²) in [6.45, 7) is 0. The van der Waals surface area contributed by atoms with Gasteiger partial charge in [0.15, 0.2) is 0 Å². The molecular weight excluding hydrogens is 352 g/mol. The van der Waals surface area contributed by atoms with E-state index in [-0.39, 0.29) is 11.1 Å². The van der Waals surface area contributed by atoms with Crippen molar-refractivity contribution in [3.05, 3.63) is 58.7 Å². The van der Waals surface area contributed by atoms with Gasteiger partial charge in [-0.25, -0.2) is 0 Å². The largest absolute Gasteiger partial charge is 0.545 e. The molecule has 4 aliphatic rings. The molecule has 4 nitrogen and oxygen atoms in total. The smallest absolute Gasteiger partial charge is 0.0718 e. The van der Waals surface area contributed by atoms with Crippen molar-refractivity contribution < 1.29 is 19.8 Å². The number of allylic oxidation sites excluding steroid dienone is 4. The van der Waals surface area contributed by atoms with Gasteiger partial charge in [-0.2, -0.15) is 0 Å². The van der Waals surface area contributed by atoms with Crippen LogP contribution in [0.15, 0.2) is 36.4 Å². The normalized spacial score (nSPS) is 34.4. The average Bonchev–Trinajstić information content (AvgIpc) is 3.43. The predicted octanol–water partition coefficient (Wildman–Crippen LogP) is 1.92. The number of hydrogen-bond donors (Lipinski definition) is 0. The van der Waals surface area contributed by atoms with Crippen LogP contribution >= 0.6 is 0 Å². The summed E-state index contributed by atoms with van der Waals surface area (Å²) >= 11 is 0. The second-order valence-electron chi connectivity index (χ2n) is 9.18. The Kier molecular flexibility index (Phi) is 4.18. The topological polar surface area (TPSA) is 80.3 Å². The van der Waals surface area contributed by atoms with E-state index in [9.17, 15) is 19.8 Å². The Hall–Kier alpha value is -2.36. The van der Waals surface area contributed by atoms with Crippen molar-refractivity contribution in [1.82, 2.24) is 0 Å². The van der Waals surface area contributed by atoms with E-state index in [0.29, 0.717) is 59.5 Å². The maximum Gasteiger partial charge on any atom is 0.0718 e. The Morgan fingerprint density at radius 3 is 1.43 bits per heavy atom. The summed E-state index contributed by atoms with van der Waals surface area (Å²) in [5.74, 6) is 0.455. The van der Waals surface area contributed by atoms with Crippen LogP contribution in [0.4, 0.5) is 0 Å². The minimum absolute atomic E-state index is 0.158. The van der Waals surface area contributed by atoms with Gasteiger partial charge in [0.2, 0.25) is 0 Å². The molecule has 0 N–H and O–H groups in total. The van der Waals surface area contributed by atoms with E-state index in [1.807, 2.05) is 0 Å². The summed E-state index contributed by atoms with van der Waals surface area (Å²) in [5, 5.41) is 23.7. The number of carbonyl (C=O) groups is 2. The van der Waals surface area contributed by atoms with Crippen molar-refractivity contribution in [3.8, 4) is 0 Å². The first-order chi connectivity index (χ1) is 13.5. The summed E-state index contributed by atoms with van der Waals surface area (Å²) < 4.78 is 0. The molecule has 6 atom stereocenters.